The highest BCUT2D eigenvalue weighted by atomic mass is 32.2. The molecule has 0 spiro atoms. The Morgan fingerprint density at radius 1 is 1.45 bits per heavy atom. The zero-order valence-electron chi connectivity index (χ0n) is 10.9. The first-order valence-corrected chi connectivity index (χ1v) is 7.28. The van der Waals surface area contributed by atoms with Gasteiger partial charge in [-0.2, -0.15) is 4.72 Å². The maximum Gasteiger partial charge on any atom is 0.243 e. The molecule has 108 valence electrons. The lowest BCUT2D eigenvalue weighted by atomic mass is 10.3. The van der Waals surface area contributed by atoms with Crippen molar-refractivity contribution < 1.29 is 17.2 Å². The molecule has 1 aromatic heterocycles. The van der Waals surface area contributed by atoms with E-state index in [4.69, 9.17) is 10.2 Å². The van der Waals surface area contributed by atoms with Crippen molar-refractivity contribution in [2.45, 2.75) is 24.8 Å². The van der Waals surface area contributed by atoms with Crippen LogP contribution >= 0.6 is 0 Å². The Hall–Kier alpha value is -1.93. The Morgan fingerprint density at radius 3 is 2.75 bits per heavy atom. The number of nitrogens with two attached hydrogens (primary N) is 1. The highest BCUT2D eigenvalue weighted by molar-refractivity contribution is 7.89. The maximum atomic E-state index is 13.3. The van der Waals surface area contributed by atoms with Crippen molar-refractivity contribution in [3.8, 4) is 0 Å². The number of benzene rings is 1. The summed E-state index contributed by atoms with van der Waals surface area (Å²) in [7, 11) is -3.97. The Labute approximate surface area is 115 Å². The molecule has 3 N–H and O–H groups in total. The summed E-state index contributed by atoms with van der Waals surface area (Å²) in [5.74, 6) is 0.00450. The number of hydrogen-bond acceptors (Lipinski definition) is 5. The zero-order valence-corrected chi connectivity index (χ0v) is 11.7. The van der Waals surface area contributed by atoms with Gasteiger partial charge in [0.15, 0.2) is 0 Å². The fourth-order valence-corrected chi connectivity index (χ4v) is 3.01. The second kappa shape index (κ2) is 5.22. The molecule has 0 aliphatic carbocycles. The average molecular weight is 299 g/mol. The van der Waals surface area contributed by atoms with Gasteiger partial charge in [-0.05, 0) is 26.0 Å². The van der Waals surface area contributed by atoms with E-state index in [9.17, 15) is 12.8 Å². The number of nitrogens with zero attached hydrogens (tertiary/aromatic N) is 1. The van der Waals surface area contributed by atoms with E-state index in [1.54, 1.807) is 13.8 Å². The molecule has 1 unspecified atom stereocenters. The van der Waals surface area contributed by atoms with E-state index in [1.807, 2.05) is 0 Å². The maximum absolute atomic E-state index is 13.3. The number of halogens is 1. The summed E-state index contributed by atoms with van der Waals surface area (Å²) in [6.07, 6.45) is 1.48. The van der Waals surface area contributed by atoms with Crippen LogP contribution in [-0.2, 0) is 10.0 Å². The number of hydrogen-bond donors (Lipinski definition) is 2. The van der Waals surface area contributed by atoms with E-state index in [1.165, 1.54) is 18.3 Å². The second-order valence-corrected chi connectivity index (χ2v) is 5.99. The smallest absolute Gasteiger partial charge is 0.243 e. The van der Waals surface area contributed by atoms with Crippen LogP contribution in [0, 0.1) is 12.7 Å². The van der Waals surface area contributed by atoms with E-state index in [2.05, 4.69) is 9.71 Å². The van der Waals surface area contributed by atoms with Crippen molar-refractivity contribution in [1.29, 1.82) is 0 Å². The van der Waals surface area contributed by atoms with Gasteiger partial charge in [-0.1, -0.05) is 6.07 Å². The number of rotatable bonds is 4. The minimum absolute atomic E-state index is 0.223. The quantitative estimate of drug-likeness (QED) is 0.838. The van der Waals surface area contributed by atoms with E-state index < -0.39 is 27.6 Å². The number of nitrogens with one attached hydrogen (secondary N) is 1. The minimum Gasteiger partial charge on any atom is -0.444 e. The molecule has 0 amide bonds. The van der Waals surface area contributed by atoms with Crippen molar-refractivity contribution >= 4 is 15.7 Å². The number of aromatic nitrogens is 1. The van der Waals surface area contributed by atoms with Crippen LogP contribution < -0.4 is 10.5 Å². The molecular formula is C12H14FN3O3S. The van der Waals surface area contributed by atoms with E-state index in [0.29, 0.717) is 5.76 Å². The molecule has 8 heteroatoms. The van der Waals surface area contributed by atoms with Crippen molar-refractivity contribution in [3.63, 3.8) is 0 Å². The van der Waals surface area contributed by atoms with Gasteiger partial charge < -0.3 is 10.2 Å². The molecule has 0 aliphatic rings. The van der Waals surface area contributed by atoms with E-state index in [-0.39, 0.29) is 10.8 Å². The first-order chi connectivity index (χ1) is 9.31. The molecule has 0 aliphatic heterocycles. The lowest BCUT2D eigenvalue weighted by molar-refractivity contribution is 0.428. The molecule has 1 atom stereocenters. The Balaban J connectivity index is 2.30. The summed E-state index contributed by atoms with van der Waals surface area (Å²) in [6, 6.07) is 2.90. The number of nitrogen functional groups attached to an aromatic ring is 1. The fraction of sp³-hybridized carbons (Fsp3) is 0.250. The highest BCUT2D eigenvalue weighted by Gasteiger charge is 2.24. The fourth-order valence-electron chi connectivity index (χ4n) is 1.67. The predicted molar refractivity (Wildman–Crippen MR) is 70.8 cm³/mol. The molecule has 1 heterocycles. The standard InChI is InChI=1S/C12H14FN3O3S/c1-7-6-15-12(19-7)8(2)16-20(17,18)10-5-3-4-9(13)11(10)14/h3-6,8,16H,14H2,1-2H3. The van der Waals surface area contributed by atoms with E-state index >= 15 is 0 Å². The van der Waals surface area contributed by atoms with Gasteiger partial charge in [0, 0.05) is 0 Å². The predicted octanol–water partition coefficient (Wildman–Crippen LogP) is 1.74. The number of aryl methyl sites for hydroxylation is 1. The zero-order chi connectivity index (χ0) is 14.9. The van der Waals surface area contributed by atoms with Gasteiger partial charge >= 0.3 is 0 Å². The van der Waals surface area contributed by atoms with Crippen molar-refractivity contribution in [3.05, 3.63) is 41.9 Å². The molecule has 2 rings (SSSR count). The Bertz CT molecular complexity index is 727. The molecule has 2 aromatic rings. The minimum atomic E-state index is -3.97. The van der Waals surface area contributed by atoms with E-state index in [0.717, 1.165) is 6.07 Å². The third-order valence-corrected chi connectivity index (χ3v) is 4.24. The third-order valence-electron chi connectivity index (χ3n) is 2.64. The summed E-state index contributed by atoms with van der Waals surface area (Å²) < 4.78 is 45.2. The van der Waals surface area contributed by atoms with Crippen LogP contribution in [0.2, 0.25) is 0 Å². The topological polar surface area (TPSA) is 98.2 Å². The SMILES string of the molecule is Cc1cnc(C(C)NS(=O)(=O)c2cccc(F)c2N)o1. The molecule has 0 saturated carbocycles. The molecule has 0 bridgehead atoms. The summed E-state index contributed by atoms with van der Waals surface area (Å²) in [6.45, 7) is 3.26. The van der Waals surface area contributed by atoms with Gasteiger partial charge in [0.05, 0.1) is 17.9 Å². The van der Waals surface area contributed by atoms with Crippen molar-refractivity contribution in [1.82, 2.24) is 9.71 Å². The molecule has 1 aromatic carbocycles. The Kier molecular flexibility index (Phi) is 3.78. The van der Waals surface area contributed by atoms with Crippen molar-refractivity contribution in [2.24, 2.45) is 0 Å². The molecule has 0 fully saturated rings. The summed E-state index contributed by atoms with van der Waals surface area (Å²) in [5.41, 5.74) is 5.03. The van der Waals surface area contributed by atoms with Crippen LogP contribution in [0.1, 0.15) is 24.6 Å². The third kappa shape index (κ3) is 2.81. The molecular weight excluding hydrogens is 285 g/mol. The molecule has 0 radical (unpaired) electrons. The van der Waals surface area contributed by atoms with Crippen LogP contribution in [0.5, 0.6) is 0 Å². The van der Waals surface area contributed by atoms with Crippen LogP contribution in [0.25, 0.3) is 0 Å². The van der Waals surface area contributed by atoms with Crippen LogP contribution in [0.15, 0.2) is 33.7 Å². The van der Waals surface area contributed by atoms with Crippen molar-refractivity contribution in [2.75, 3.05) is 5.73 Å². The first-order valence-electron chi connectivity index (χ1n) is 5.80. The largest absolute Gasteiger partial charge is 0.444 e. The van der Waals surface area contributed by atoms with Gasteiger partial charge in [0.2, 0.25) is 15.9 Å². The Morgan fingerprint density at radius 2 is 2.15 bits per heavy atom. The number of anilines is 1. The number of oxazole rings is 1. The lowest BCUT2D eigenvalue weighted by Crippen LogP contribution is -2.28. The molecule has 0 saturated heterocycles. The number of para-hydroxylation sites is 1. The first kappa shape index (κ1) is 14.5. The second-order valence-electron chi connectivity index (χ2n) is 4.30. The van der Waals surface area contributed by atoms with Crippen LogP contribution in [-0.4, -0.2) is 13.4 Å². The average Bonchev–Trinajstić information content (AvgIpc) is 2.79. The van der Waals surface area contributed by atoms with Gasteiger partial charge in [-0.3, -0.25) is 0 Å². The van der Waals surface area contributed by atoms with Crippen LogP contribution in [0.3, 0.4) is 0 Å². The van der Waals surface area contributed by atoms with Crippen LogP contribution in [0.4, 0.5) is 10.1 Å². The lowest BCUT2D eigenvalue weighted by Gasteiger charge is -2.13. The monoisotopic (exact) mass is 299 g/mol. The normalized spacial score (nSPS) is 13.3. The summed E-state index contributed by atoms with van der Waals surface area (Å²) in [5, 5.41) is 0. The van der Waals surface area contributed by atoms with Gasteiger partial charge in [0.1, 0.15) is 16.5 Å². The van der Waals surface area contributed by atoms with Gasteiger partial charge in [0.25, 0.3) is 0 Å². The highest BCUT2D eigenvalue weighted by Crippen LogP contribution is 2.23. The van der Waals surface area contributed by atoms with Gasteiger partial charge in [-0.25, -0.2) is 17.8 Å². The molecule has 20 heavy (non-hydrogen) atoms. The summed E-state index contributed by atoms with van der Waals surface area (Å²) >= 11 is 0. The molecule has 6 nitrogen and oxygen atoms in total. The van der Waals surface area contributed by atoms with Gasteiger partial charge in [-0.15, -0.1) is 0 Å². The summed E-state index contributed by atoms with van der Waals surface area (Å²) in [4.78, 5) is 3.62. The number of sulfonamides is 1.